The molecule has 1 aromatic carbocycles. The van der Waals surface area contributed by atoms with Crippen molar-refractivity contribution in [2.75, 3.05) is 6.54 Å². The van der Waals surface area contributed by atoms with E-state index in [1.807, 2.05) is 0 Å². The number of nitrogens with two attached hydrogens (primary N) is 1. The van der Waals surface area contributed by atoms with E-state index in [-0.39, 0.29) is 17.7 Å². The zero-order valence-electron chi connectivity index (χ0n) is 12.7. The maximum atomic E-state index is 13.8. The Morgan fingerprint density at radius 2 is 2.33 bits per heavy atom. The fraction of sp³-hybridized carbons (Fsp3) is 0.333. The predicted molar refractivity (Wildman–Crippen MR) is 81.3 cm³/mol. The lowest BCUT2D eigenvalue weighted by atomic mass is 10.2. The molecule has 124 valence electrons. The molecule has 1 fully saturated rings. The molecule has 1 saturated heterocycles. The summed E-state index contributed by atoms with van der Waals surface area (Å²) in [4.78, 5) is 24.7. The fourth-order valence-corrected chi connectivity index (χ4v) is 3.08. The maximum Gasteiger partial charge on any atom is 0.290 e. The van der Waals surface area contributed by atoms with Crippen LogP contribution in [0, 0.1) is 5.82 Å². The number of likely N-dealkylation sites (tertiary alicyclic amines) is 1. The Kier molecular flexibility index (Phi) is 3.49. The molecule has 3 heterocycles. The molecule has 1 aliphatic rings. The molecular formula is C15H15FN6O2. The van der Waals surface area contributed by atoms with Crippen LogP contribution in [-0.2, 0) is 6.54 Å². The van der Waals surface area contributed by atoms with Crippen molar-refractivity contribution < 1.29 is 13.7 Å². The molecule has 1 amide bonds. The van der Waals surface area contributed by atoms with Gasteiger partial charge in [-0.25, -0.2) is 9.37 Å². The molecule has 1 unspecified atom stereocenters. The standard InChI is InChI=1S/C15H15FN6O2/c16-8-3-1-4-9-12(8)19-11(18-9)7-22-6-2-5-10(22)15-20-14(13(17)23)21-24-15/h1,3-4,10H,2,5-7H2,(H2,17,23)(H,18,19). The van der Waals surface area contributed by atoms with Crippen molar-refractivity contribution in [3.63, 3.8) is 0 Å². The Bertz CT molecular complexity index is 904. The number of carbonyl (C=O) groups excluding carboxylic acids is 1. The predicted octanol–water partition coefficient (Wildman–Crippen LogP) is 1.52. The highest BCUT2D eigenvalue weighted by Gasteiger charge is 2.31. The van der Waals surface area contributed by atoms with Crippen molar-refractivity contribution in [2.24, 2.45) is 5.73 Å². The third-order valence-corrected chi connectivity index (χ3v) is 4.18. The number of carbonyl (C=O) groups is 1. The van der Waals surface area contributed by atoms with E-state index in [0.717, 1.165) is 19.4 Å². The molecule has 0 radical (unpaired) electrons. The number of benzene rings is 1. The van der Waals surface area contributed by atoms with Gasteiger partial charge < -0.3 is 15.2 Å². The molecule has 4 rings (SSSR count). The second-order valence-corrected chi connectivity index (χ2v) is 5.77. The molecule has 3 N–H and O–H groups in total. The molecule has 0 bridgehead atoms. The van der Waals surface area contributed by atoms with Crippen molar-refractivity contribution in [1.29, 1.82) is 0 Å². The molecule has 1 aliphatic heterocycles. The van der Waals surface area contributed by atoms with E-state index in [0.29, 0.717) is 29.3 Å². The summed E-state index contributed by atoms with van der Waals surface area (Å²) in [5.41, 5.74) is 6.15. The summed E-state index contributed by atoms with van der Waals surface area (Å²) in [6, 6.07) is 4.70. The van der Waals surface area contributed by atoms with Gasteiger partial charge in [-0.15, -0.1) is 0 Å². The molecule has 1 atom stereocenters. The number of aromatic nitrogens is 4. The summed E-state index contributed by atoms with van der Waals surface area (Å²) < 4.78 is 18.9. The highest BCUT2D eigenvalue weighted by Crippen LogP contribution is 2.32. The lowest BCUT2D eigenvalue weighted by Gasteiger charge is -2.19. The van der Waals surface area contributed by atoms with Crippen molar-refractivity contribution >= 4 is 16.9 Å². The van der Waals surface area contributed by atoms with Crippen LogP contribution in [0.2, 0.25) is 0 Å². The summed E-state index contributed by atoms with van der Waals surface area (Å²) in [5, 5.41) is 3.59. The van der Waals surface area contributed by atoms with Gasteiger partial charge in [-0.1, -0.05) is 11.2 Å². The van der Waals surface area contributed by atoms with E-state index in [9.17, 15) is 9.18 Å². The number of amides is 1. The quantitative estimate of drug-likeness (QED) is 0.749. The Morgan fingerprint density at radius 3 is 3.08 bits per heavy atom. The van der Waals surface area contributed by atoms with Crippen LogP contribution in [-0.4, -0.2) is 37.5 Å². The average Bonchev–Trinajstić information content (AvgIpc) is 3.25. The zero-order chi connectivity index (χ0) is 16.7. The number of fused-ring (bicyclic) bond motifs is 1. The number of aromatic amines is 1. The van der Waals surface area contributed by atoms with E-state index >= 15 is 0 Å². The Hall–Kier alpha value is -2.81. The van der Waals surface area contributed by atoms with Crippen LogP contribution in [0.4, 0.5) is 4.39 Å². The van der Waals surface area contributed by atoms with Gasteiger partial charge in [-0.3, -0.25) is 9.69 Å². The summed E-state index contributed by atoms with van der Waals surface area (Å²) in [6.07, 6.45) is 1.78. The van der Waals surface area contributed by atoms with Crippen molar-refractivity contribution in [2.45, 2.75) is 25.4 Å². The Morgan fingerprint density at radius 1 is 1.46 bits per heavy atom. The van der Waals surface area contributed by atoms with Crippen LogP contribution < -0.4 is 5.73 Å². The Labute approximate surface area is 135 Å². The summed E-state index contributed by atoms with van der Waals surface area (Å²) in [5.74, 6) is -0.166. The first kappa shape index (κ1) is 14.8. The van der Waals surface area contributed by atoms with Gasteiger partial charge in [0.2, 0.25) is 5.89 Å². The second kappa shape index (κ2) is 5.68. The zero-order valence-corrected chi connectivity index (χ0v) is 12.7. The minimum absolute atomic E-state index is 0.108. The first-order valence-electron chi connectivity index (χ1n) is 7.62. The average molecular weight is 330 g/mol. The minimum Gasteiger partial charge on any atom is -0.363 e. The third-order valence-electron chi connectivity index (χ3n) is 4.18. The summed E-state index contributed by atoms with van der Waals surface area (Å²) in [6.45, 7) is 1.31. The first-order valence-corrected chi connectivity index (χ1v) is 7.62. The van der Waals surface area contributed by atoms with Crippen LogP contribution >= 0.6 is 0 Å². The topological polar surface area (TPSA) is 114 Å². The fourth-order valence-electron chi connectivity index (χ4n) is 3.08. The Balaban J connectivity index is 1.57. The summed E-state index contributed by atoms with van der Waals surface area (Å²) >= 11 is 0. The van der Waals surface area contributed by atoms with Gasteiger partial charge in [0, 0.05) is 0 Å². The SMILES string of the molecule is NC(=O)c1noc(C2CCCN2Cc2nc3c(F)cccc3[nH]2)n1. The number of hydrogen-bond donors (Lipinski definition) is 2. The molecule has 9 heteroatoms. The van der Waals surface area contributed by atoms with Crippen LogP contribution in [0.5, 0.6) is 0 Å². The number of para-hydroxylation sites is 1. The van der Waals surface area contributed by atoms with E-state index in [1.165, 1.54) is 6.07 Å². The first-order chi connectivity index (χ1) is 11.6. The van der Waals surface area contributed by atoms with E-state index in [1.54, 1.807) is 12.1 Å². The number of imidazole rings is 1. The highest BCUT2D eigenvalue weighted by atomic mass is 19.1. The molecule has 0 aliphatic carbocycles. The van der Waals surface area contributed by atoms with Crippen molar-refractivity contribution in [3.8, 4) is 0 Å². The van der Waals surface area contributed by atoms with Crippen LogP contribution in [0.25, 0.3) is 11.0 Å². The molecule has 0 saturated carbocycles. The van der Waals surface area contributed by atoms with Gasteiger partial charge in [-0.05, 0) is 31.5 Å². The number of hydrogen-bond acceptors (Lipinski definition) is 6. The normalized spacial score (nSPS) is 18.5. The minimum atomic E-state index is -0.720. The molecular weight excluding hydrogens is 315 g/mol. The molecule has 8 nitrogen and oxygen atoms in total. The molecule has 3 aromatic rings. The van der Waals surface area contributed by atoms with Gasteiger partial charge >= 0.3 is 0 Å². The number of halogens is 1. The molecule has 2 aromatic heterocycles. The smallest absolute Gasteiger partial charge is 0.290 e. The van der Waals surface area contributed by atoms with Crippen LogP contribution in [0.15, 0.2) is 22.7 Å². The monoisotopic (exact) mass is 330 g/mol. The van der Waals surface area contributed by atoms with Gasteiger partial charge in [-0.2, -0.15) is 4.98 Å². The van der Waals surface area contributed by atoms with Crippen molar-refractivity contribution in [1.82, 2.24) is 25.0 Å². The van der Waals surface area contributed by atoms with Crippen LogP contribution in [0.3, 0.4) is 0 Å². The number of rotatable bonds is 4. The van der Waals surface area contributed by atoms with Crippen molar-refractivity contribution in [3.05, 3.63) is 41.6 Å². The molecule has 0 spiro atoms. The lowest BCUT2D eigenvalue weighted by Crippen LogP contribution is -2.24. The van der Waals surface area contributed by atoms with Gasteiger partial charge in [0.1, 0.15) is 11.3 Å². The molecule has 24 heavy (non-hydrogen) atoms. The second-order valence-electron chi connectivity index (χ2n) is 5.77. The number of H-pyrrole nitrogens is 1. The van der Waals surface area contributed by atoms with Gasteiger partial charge in [0.25, 0.3) is 11.7 Å². The third kappa shape index (κ3) is 2.52. The lowest BCUT2D eigenvalue weighted by molar-refractivity contribution is 0.0987. The van der Waals surface area contributed by atoms with E-state index < -0.39 is 5.91 Å². The number of nitrogens with one attached hydrogen (secondary N) is 1. The number of nitrogens with zero attached hydrogens (tertiary/aromatic N) is 4. The van der Waals surface area contributed by atoms with Gasteiger partial charge in [0.15, 0.2) is 5.82 Å². The van der Waals surface area contributed by atoms with Crippen LogP contribution in [0.1, 0.15) is 41.2 Å². The largest absolute Gasteiger partial charge is 0.363 e. The number of primary amides is 1. The van der Waals surface area contributed by atoms with Gasteiger partial charge in [0.05, 0.1) is 18.1 Å². The van der Waals surface area contributed by atoms with E-state index in [4.69, 9.17) is 10.3 Å². The van der Waals surface area contributed by atoms with E-state index in [2.05, 4.69) is 25.0 Å². The maximum absolute atomic E-state index is 13.8. The highest BCUT2D eigenvalue weighted by molar-refractivity contribution is 5.88. The summed E-state index contributed by atoms with van der Waals surface area (Å²) in [7, 11) is 0.